The lowest BCUT2D eigenvalue weighted by Gasteiger charge is -2.06. The molecular formula is C16H11Cl2N5O3S. The average Bonchev–Trinajstić information content (AvgIpc) is 3.26. The number of rotatable bonds is 5. The quantitative estimate of drug-likeness (QED) is 0.526. The van der Waals surface area contributed by atoms with Crippen LogP contribution in [0.25, 0.3) is 11.0 Å². The molecule has 0 aliphatic rings. The molecule has 27 heavy (non-hydrogen) atoms. The summed E-state index contributed by atoms with van der Waals surface area (Å²) in [4.78, 5) is -0.0292. The van der Waals surface area contributed by atoms with Gasteiger partial charge in [0.05, 0.1) is 28.5 Å². The van der Waals surface area contributed by atoms with Crippen LogP contribution in [0.3, 0.4) is 0 Å². The van der Waals surface area contributed by atoms with Crippen molar-refractivity contribution in [2.45, 2.75) is 11.4 Å². The van der Waals surface area contributed by atoms with E-state index in [-0.39, 0.29) is 10.4 Å². The van der Waals surface area contributed by atoms with Crippen LogP contribution in [0.15, 0.2) is 58.3 Å². The normalized spacial score (nSPS) is 11.8. The highest BCUT2D eigenvalue weighted by Crippen LogP contribution is 2.24. The van der Waals surface area contributed by atoms with Crippen molar-refractivity contribution in [1.29, 1.82) is 0 Å². The molecule has 0 fully saturated rings. The van der Waals surface area contributed by atoms with E-state index in [2.05, 4.69) is 24.8 Å². The van der Waals surface area contributed by atoms with E-state index < -0.39 is 10.0 Å². The fourth-order valence-electron chi connectivity index (χ4n) is 2.54. The summed E-state index contributed by atoms with van der Waals surface area (Å²) < 4.78 is 34.0. The van der Waals surface area contributed by atoms with Gasteiger partial charge in [-0.25, -0.2) is 13.0 Å². The van der Waals surface area contributed by atoms with E-state index in [1.807, 2.05) is 6.07 Å². The summed E-state index contributed by atoms with van der Waals surface area (Å²) in [7, 11) is -3.89. The Labute approximate surface area is 163 Å². The van der Waals surface area contributed by atoms with Crippen molar-refractivity contribution in [3.8, 4) is 0 Å². The number of anilines is 1. The van der Waals surface area contributed by atoms with Crippen molar-refractivity contribution < 1.29 is 13.0 Å². The van der Waals surface area contributed by atoms with Crippen molar-refractivity contribution >= 4 is 49.9 Å². The van der Waals surface area contributed by atoms with Crippen LogP contribution < -0.4 is 4.72 Å². The highest BCUT2D eigenvalue weighted by Gasteiger charge is 2.21. The summed E-state index contributed by atoms with van der Waals surface area (Å²) in [5.74, 6) is 0. The van der Waals surface area contributed by atoms with Gasteiger partial charge in [-0.3, -0.25) is 9.40 Å². The van der Waals surface area contributed by atoms with Gasteiger partial charge in [0, 0.05) is 6.20 Å². The van der Waals surface area contributed by atoms with Crippen LogP contribution in [-0.2, 0) is 16.6 Å². The molecule has 2 aromatic carbocycles. The summed E-state index contributed by atoms with van der Waals surface area (Å²) >= 11 is 11.9. The van der Waals surface area contributed by atoms with E-state index >= 15 is 0 Å². The van der Waals surface area contributed by atoms with Crippen LogP contribution in [0, 0.1) is 0 Å². The molecule has 0 saturated heterocycles. The maximum absolute atomic E-state index is 12.7. The van der Waals surface area contributed by atoms with E-state index in [4.69, 9.17) is 23.2 Å². The second-order valence-corrected chi connectivity index (χ2v) is 8.13. The van der Waals surface area contributed by atoms with E-state index in [1.54, 1.807) is 35.1 Å². The fourth-order valence-corrected chi connectivity index (χ4v) is 4.04. The van der Waals surface area contributed by atoms with Crippen molar-refractivity contribution in [2.24, 2.45) is 0 Å². The molecule has 0 bridgehead atoms. The molecule has 0 unspecified atom stereocenters. The second kappa shape index (κ2) is 6.84. The standard InChI is InChI=1S/C16H11Cl2N5O3S/c17-12-5-4-10(6-13(12)18)8-23-9-11(7-19-23)22-27(24,25)15-3-1-2-14-16(15)21-26-20-14/h1-7,9,22H,8H2. The lowest BCUT2D eigenvalue weighted by Crippen LogP contribution is -2.13. The Kier molecular flexibility index (Phi) is 4.50. The molecule has 1 N–H and O–H groups in total. The van der Waals surface area contributed by atoms with E-state index in [9.17, 15) is 8.42 Å². The molecular weight excluding hydrogens is 413 g/mol. The van der Waals surface area contributed by atoms with Gasteiger partial charge in [0.15, 0.2) is 5.52 Å². The zero-order chi connectivity index (χ0) is 19.0. The second-order valence-electron chi connectivity index (χ2n) is 5.67. The molecule has 0 radical (unpaired) electrons. The van der Waals surface area contributed by atoms with E-state index in [1.165, 1.54) is 12.3 Å². The van der Waals surface area contributed by atoms with Crippen molar-refractivity contribution in [2.75, 3.05) is 4.72 Å². The Balaban J connectivity index is 1.56. The molecule has 0 saturated carbocycles. The maximum atomic E-state index is 12.7. The molecule has 2 aromatic heterocycles. The average molecular weight is 424 g/mol. The van der Waals surface area contributed by atoms with Crippen LogP contribution in [0.2, 0.25) is 10.0 Å². The van der Waals surface area contributed by atoms with Gasteiger partial charge in [-0.05, 0) is 40.1 Å². The van der Waals surface area contributed by atoms with Gasteiger partial charge in [0.2, 0.25) is 0 Å². The number of sulfonamides is 1. The van der Waals surface area contributed by atoms with Crippen molar-refractivity contribution in [1.82, 2.24) is 20.1 Å². The first-order valence-electron chi connectivity index (χ1n) is 7.63. The van der Waals surface area contributed by atoms with Gasteiger partial charge in [-0.2, -0.15) is 5.10 Å². The minimum atomic E-state index is -3.89. The SMILES string of the molecule is O=S(=O)(Nc1cnn(Cc2ccc(Cl)c(Cl)c2)c1)c1cccc2nonc12. The monoisotopic (exact) mass is 423 g/mol. The minimum absolute atomic E-state index is 0.0292. The molecule has 0 aliphatic heterocycles. The zero-order valence-corrected chi connectivity index (χ0v) is 15.8. The Hall–Kier alpha value is -2.62. The van der Waals surface area contributed by atoms with Gasteiger partial charge >= 0.3 is 0 Å². The molecule has 0 aliphatic carbocycles. The Morgan fingerprint density at radius 1 is 1.11 bits per heavy atom. The summed E-state index contributed by atoms with van der Waals surface area (Å²) in [6.45, 7) is 0.404. The first-order chi connectivity index (χ1) is 12.9. The first-order valence-corrected chi connectivity index (χ1v) is 9.87. The maximum Gasteiger partial charge on any atom is 0.264 e. The smallest absolute Gasteiger partial charge is 0.264 e. The van der Waals surface area contributed by atoms with Crippen LogP contribution in [0.4, 0.5) is 5.69 Å². The highest BCUT2D eigenvalue weighted by atomic mass is 35.5. The molecule has 138 valence electrons. The van der Waals surface area contributed by atoms with Crippen LogP contribution in [0.1, 0.15) is 5.56 Å². The van der Waals surface area contributed by atoms with Crippen LogP contribution >= 0.6 is 23.2 Å². The first kappa shape index (κ1) is 17.8. The molecule has 11 heteroatoms. The number of aromatic nitrogens is 4. The molecule has 4 aromatic rings. The third-order valence-corrected chi connectivity index (χ3v) is 5.90. The Morgan fingerprint density at radius 3 is 2.78 bits per heavy atom. The number of benzene rings is 2. The van der Waals surface area contributed by atoms with Gasteiger partial charge in [0.25, 0.3) is 10.0 Å². The van der Waals surface area contributed by atoms with Crippen molar-refractivity contribution in [3.05, 3.63) is 64.4 Å². The number of nitrogens with one attached hydrogen (secondary N) is 1. The summed E-state index contributed by atoms with van der Waals surface area (Å²) in [5, 5.41) is 12.4. The minimum Gasteiger partial charge on any atom is -0.276 e. The summed E-state index contributed by atoms with van der Waals surface area (Å²) in [5.41, 5.74) is 1.70. The number of fused-ring (bicyclic) bond motifs is 1. The largest absolute Gasteiger partial charge is 0.276 e. The fraction of sp³-hybridized carbons (Fsp3) is 0.0625. The summed E-state index contributed by atoms with van der Waals surface area (Å²) in [6.07, 6.45) is 2.98. The molecule has 0 spiro atoms. The van der Waals surface area contributed by atoms with Gasteiger partial charge in [-0.15, -0.1) is 0 Å². The molecule has 8 nitrogen and oxygen atoms in total. The molecule has 0 amide bonds. The number of halogens is 2. The van der Waals surface area contributed by atoms with Gasteiger partial charge < -0.3 is 0 Å². The lowest BCUT2D eigenvalue weighted by atomic mass is 10.2. The van der Waals surface area contributed by atoms with E-state index in [0.29, 0.717) is 27.8 Å². The molecule has 2 heterocycles. The predicted octanol–water partition coefficient (Wildman–Crippen LogP) is 3.58. The third-order valence-electron chi connectivity index (χ3n) is 3.75. The van der Waals surface area contributed by atoms with E-state index in [0.717, 1.165) is 5.56 Å². The number of hydrogen-bond acceptors (Lipinski definition) is 6. The topological polar surface area (TPSA) is 103 Å². The lowest BCUT2D eigenvalue weighted by molar-refractivity contribution is 0.315. The van der Waals surface area contributed by atoms with Gasteiger partial charge in [-0.1, -0.05) is 35.3 Å². The number of hydrogen-bond donors (Lipinski definition) is 1. The highest BCUT2D eigenvalue weighted by molar-refractivity contribution is 7.93. The van der Waals surface area contributed by atoms with Gasteiger partial charge in [0.1, 0.15) is 10.4 Å². The molecule has 0 atom stereocenters. The predicted molar refractivity (Wildman–Crippen MR) is 100 cm³/mol. The molecule has 4 rings (SSSR count). The Bertz CT molecular complexity index is 1240. The number of nitrogens with zero attached hydrogens (tertiary/aromatic N) is 4. The van der Waals surface area contributed by atoms with Crippen LogP contribution in [0.5, 0.6) is 0 Å². The Morgan fingerprint density at radius 2 is 1.96 bits per heavy atom. The third kappa shape index (κ3) is 3.61. The summed E-state index contributed by atoms with van der Waals surface area (Å²) in [6, 6.07) is 9.84. The zero-order valence-electron chi connectivity index (χ0n) is 13.5. The van der Waals surface area contributed by atoms with Crippen molar-refractivity contribution in [3.63, 3.8) is 0 Å². The van der Waals surface area contributed by atoms with Crippen LogP contribution in [-0.4, -0.2) is 28.5 Å².